The number of rotatable bonds is 0. The molecule has 0 aromatic carbocycles. The van der Waals surface area contributed by atoms with Crippen molar-refractivity contribution in [1.82, 2.24) is 0 Å². The smallest absolute Gasteiger partial charge is 0.0994 e. The van der Waals surface area contributed by atoms with Crippen molar-refractivity contribution >= 4 is 0 Å². The van der Waals surface area contributed by atoms with Crippen LogP contribution in [0.2, 0.25) is 0 Å². The van der Waals surface area contributed by atoms with Gasteiger partial charge in [0, 0.05) is 5.92 Å². The van der Waals surface area contributed by atoms with Crippen LogP contribution in [0.1, 0.15) is 33.6 Å². The number of aliphatic hydroxyl groups is 1. The van der Waals surface area contributed by atoms with Gasteiger partial charge >= 0.3 is 0 Å². The Labute approximate surface area is 73.8 Å². The molecule has 1 atom stereocenters. The molecule has 0 saturated heterocycles. The van der Waals surface area contributed by atoms with Crippen LogP contribution in [-0.2, 0) is 0 Å². The summed E-state index contributed by atoms with van der Waals surface area (Å²) in [5.74, 6) is 0.856. The minimum atomic E-state index is 0.293. The van der Waals surface area contributed by atoms with Crippen molar-refractivity contribution in [2.45, 2.75) is 33.6 Å². The van der Waals surface area contributed by atoms with E-state index >= 15 is 0 Å². The highest BCUT2D eigenvalue weighted by Gasteiger charge is 2.37. The van der Waals surface area contributed by atoms with Crippen LogP contribution in [0.15, 0.2) is 23.0 Å². The normalized spacial score (nSPS) is 32.2. The zero-order valence-corrected chi connectivity index (χ0v) is 8.02. The van der Waals surface area contributed by atoms with Gasteiger partial charge in [-0.15, -0.1) is 0 Å². The van der Waals surface area contributed by atoms with Crippen molar-refractivity contribution in [2.24, 2.45) is 11.3 Å². The van der Waals surface area contributed by atoms with Gasteiger partial charge in [-0.25, -0.2) is 0 Å². The number of aliphatic hydroxyl groups excluding tert-OH is 1. The maximum absolute atomic E-state index is 9.56. The summed E-state index contributed by atoms with van der Waals surface area (Å²) in [6.45, 7) is 6.61. The van der Waals surface area contributed by atoms with Gasteiger partial charge in [0.05, 0.1) is 5.76 Å². The van der Waals surface area contributed by atoms with Crippen LogP contribution in [-0.4, -0.2) is 5.11 Å². The van der Waals surface area contributed by atoms with Gasteiger partial charge in [-0.3, -0.25) is 0 Å². The Morgan fingerprint density at radius 2 is 2.17 bits per heavy atom. The first kappa shape index (κ1) is 7.90. The zero-order valence-electron chi connectivity index (χ0n) is 8.02. The highest BCUT2D eigenvalue weighted by molar-refractivity contribution is 5.45. The Kier molecular flexibility index (Phi) is 1.42. The van der Waals surface area contributed by atoms with E-state index in [-0.39, 0.29) is 0 Å². The van der Waals surface area contributed by atoms with Crippen LogP contribution in [0.3, 0.4) is 0 Å². The lowest BCUT2D eigenvalue weighted by Gasteiger charge is -2.18. The molecule has 1 heteroatoms. The SMILES string of the molecule is CC1C(O)=CC2=C1CCC2(C)C. The maximum Gasteiger partial charge on any atom is 0.0994 e. The van der Waals surface area contributed by atoms with Crippen LogP contribution in [0.25, 0.3) is 0 Å². The fourth-order valence-corrected chi connectivity index (χ4v) is 2.34. The molecule has 0 saturated carbocycles. The number of hydrogen-bond acceptors (Lipinski definition) is 1. The average Bonchev–Trinajstić information content (AvgIpc) is 2.40. The molecule has 12 heavy (non-hydrogen) atoms. The minimum Gasteiger partial charge on any atom is -0.512 e. The van der Waals surface area contributed by atoms with E-state index in [1.165, 1.54) is 24.0 Å². The van der Waals surface area contributed by atoms with Gasteiger partial charge < -0.3 is 5.11 Å². The summed E-state index contributed by atoms with van der Waals surface area (Å²) in [6.07, 6.45) is 4.39. The monoisotopic (exact) mass is 164 g/mol. The summed E-state index contributed by atoms with van der Waals surface area (Å²) in [6, 6.07) is 0. The molecular formula is C11H16O. The van der Waals surface area contributed by atoms with Crippen molar-refractivity contribution < 1.29 is 5.11 Å². The van der Waals surface area contributed by atoms with Crippen molar-refractivity contribution in [2.75, 3.05) is 0 Å². The molecule has 2 aliphatic carbocycles. The third-order valence-electron chi connectivity index (χ3n) is 3.35. The molecule has 0 amide bonds. The molecule has 0 fully saturated rings. The van der Waals surface area contributed by atoms with E-state index in [9.17, 15) is 5.11 Å². The molecule has 66 valence electrons. The lowest BCUT2D eigenvalue weighted by molar-refractivity contribution is 0.357. The fourth-order valence-electron chi connectivity index (χ4n) is 2.34. The van der Waals surface area contributed by atoms with Crippen LogP contribution < -0.4 is 0 Å². The second-order valence-electron chi connectivity index (χ2n) is 4.61. The predicted octanol–water partition coefficient (Wildman–Crippen LogP) is 3.19. The highest BCUT2D eigenvalue weighted by Crippen LogP contribution is 2.50. The first-order valence-electron chi connectivity index (χ1n) is 4.66. The van der Waals surface area contributed by atoms with Crippen molar-refractivity contribution in [3.05, 3.63) is 23.0 Å². The molecule has 0 aromatic heterocycles. The highest BCUT2D eigenvalue weighted by atomic mass is 16.3. The van der Waals surface area contributed by atoms with Gasteiger partial charge in [-0.05, 0) is 29.9 Å². The second kappa shape index (κ2) is 2.15. The Bertz CT molecular complexity index is 281. The molecule has 2 aliphatic rings. The van der Waals surface area contributed by atoms with Crippen LogP contribution in [0, 0.1) is 11.3 Å². The van der Waals surface area contributed by atoms with Gasteiger partial charge in [0.1, 0.15) is 0 Å². The molecule has 0 heterocycles. The van der Waals surface area contributed by atoms with E-state index in [1.54, 1.807) is 0 Å². The topological polar surface area (TPSA) is 20.2 Å². The second-order valence-corrected chi connectivity index (χ2v) is 4.61. The molecule has 2 rings (SSSR count). The number of hydrogen-bond donors (Lipinski definition) is 1. The van der Waals surface area contributed by atoms with E-state index in [1.807, 2.05) is 6.08 Å². The summed E-state index contributed by atoms with van der Waals surface area (Å²) in [7, 11) is 0. The summed E-state index contributed by atoms with van der Waals surface area (Å²) < 4.78 is 0. The Hall–Kier alpha value is -0.720. The third-order valence-corrected chi connectivity index (χ3v) is 3.35. The van der Waals surface area contributed by atoms with Crippen LogP contribution in [0.5, 0.6) is 0 Å². The molecule has 1 nitrogen and oxygen atoms in total. The lowest BCUT2D eigenvalue weighted by atomic mass is 9.86. The molecule has 1 N–H and O–H groups in total. The zero-order chi connectivity index (χ0) is 8.93. The maximum atomic E-state index is 9.56. The van der Waals surface area contributed by atoms with E-state index in [0.717, 1.165) is 0 Å². The molecule has 0 bridgehead atoms. The summed E-state index contributed by atoms with van der Waals surface area (Å²) in [5, 5.41) is 9.56. The summed E-state index contributed by atoms with van der Waals surface area (Å²) in [4.78, 5) is 0. The van der Waals surface area contributed by atoms with Gasteiger partial charge in [0.25, 0.3) is 0 Å². The Balaban J connectivity index is 2.43. The first-order valence-corrected chi connectivity index (χ1v) is 4.66. The van der Waals surface area contributed by atoms with Gasteiger partial charge in [0.2, 0.25) is 0 Å². The standard InChI is InChI=1S/C11H16O/c1-7-8-4-5-11(2,3)9(8)6-10(7)12/h6-7,12H,4-5H2,1-3H3. The molecule has 0 spiro atoms. The van der Waals surface area contributed by atoms with Crippen molar-refractivity contribution in [1.29, 1.82) is 0 Å². The van der Waals surface area contributed by atoms with E-state index in [2.05, 4.69) is 20.8 Å². The molecule has 0 aromatic rings. The third kappa shape index (κ3) is 0.855. The molecular weight excluding hydrogens is 148 g/mol. The van der Waals surface area contributed by atoms with Gasteiger partial charge in [-0.2, -0.15) is 0 Å². The van der Waals surface area contributed by atoms with E-state index < -0.39 is 0 Å². The molecule has 0 radical (unpaired) electrons. The minimum absolute atomic E-state index is 0.293. The summed E-state index contributed by atoms with van der Waals surface area (Å²) >= 11 is 0. The van der Waals surface area contributed by atoms with Crippen molar-refractivity contribution in [3.63, 3.8) is 0 Å². The predicted molar refractivity (Wildman–Crippen MR) is 49.9 cm³/mol. The largest absolute Gasteiger partial charge is 0.512 e. The van der Waals surface area contributed by atoms with E-state index in [4.69, 9.17) is 0 Å². The average molecular weight is 164 g/mol. The van der Waals surface area contributed by atoms with Crippen LogP contribution in [0.4, 0.5) is 0 Å². The van der Waals surface area contributed by atoms with Crippen molar-refractivity contribution in [3.8, 4) is 0 Å². The fraction of sp³-hybridized carbons (Fsp3) is 0.636. The first-order chi connectivity index (χ1) is 5.52. The molecule has 0 aliphatic heterocycles. The quantitative estimate of drug-likeness (QED) is 0.583. The van der Waals surface area contributed by atoms with Gasteiger partial charge in [0.15, 0.2) is 0 Å². The van der Waals surface area contributed by atoms with Crippen LogP contribution >= 0.6 is 0 Å². The number of allylic oxidation sites excluding steroid dienone is 3. The summed E-state index contributed by atoms with van der Waals surface area (Å²) in [5.41, 5.74) is 3.17. The van der Waals surface area contributed by atoms with E-state index in [0.29, 0.717) is 17.1 Å². The molecule has 1 unspecified atom stereocenters. The Morgan fingerprint density at radius 1 is 1.50 bits per heavy atom. The lowest BCUT2D eigenvalue weighted by Crippen LogP contribution is -2.07. The van der Waals surface area contributed by atoms with Gasteiger partial charge in [-0.1, -0.05) is 26.3 Å². The Morgan fingerprint density at radius 3 is 2.75 bits per heavy atom.